The third-order valence-electron chi connectivity index (χ3n) is 8.14. The third-order valence-corrected chi connectivity index (χ3v) is 9.09. The highest BCUT2D eigenvalue weighted by molar-refractivity contribution is 7.47. The number of allylic oxidation sites excluding steroid dienone is 16. The van der Waals surface area contributed by atoms with E-state index in [2.05, 4.69) is 91.3 Å². The largest absolute Gasteiger partial charge is 0.480 e. The predicted molar refractivity (Wildman–Crippen MR) is 230 cm³/mol. The lowest BCUT2D eigenvalue weighted by molar-refractivity contribution is -0.161. The molecule has 4 N–H and O–H groups in total. The minimum atomic E-state index is -4.73. The summed E-state index contributed by atoms with van der Waals surface area (Å²) in [4.78, 5) is 45.9. The van der Waals surface area contributed by atoms with Crippen LogP contribution in [0.15, 0.2) is 97.2 Å². The molecule has 11 nitrogen and oxygen atoms in total. The molecule has 3 atom stereocenters. The molecular weight excluding hydrogens is 745 g/mol. The number of unbranched alkanes of at least 4 members (excludes halogenated alkanes) is 9. The molecule has 0 aromatic carbocycles. The highest BCUT2D eigenvalue weighted by Crippen LogP contribution is 2.43. The molecule has 2 unspecified atom stereocenters. The van der Waals surface area contributed by atoms with E-state index in [1.54, 1.807) is 0 Å². The van der Waals surface area contributed by atoms with Crippen molar-refractivity contribution in [3.63, 3.8) is 0 Å². The minimum absolute atomic E-state index is 0.126. The van der Waals surface area contributed by atoms with E-state index in [1.165, 1.54) is 0 Å². The van der Waals surface area contributed by atoms with Gasteiger partial charge in [-0.1, -0.05) is 143 Å². The topological polar surface area (TPSA) is 172 Å². The monoisotopic (exact) mass is 817 g/mol. The maximum absolute atomic E-state index is 12.6. The lowest BCUT2D eigenvalue weighted by Gasteiger charge is -2.20. The Morgan fingerprint density at radius 1 is 0.561 bits per heavy atom. The summed E-state index contributed by atoms with van der Waals surface area (Å²) in [5, 5.41) is 8.88. The molecule has 0 aliphatic carbocycles. The molecule has 0 heterocycles. The Balaban J connectivity index is 4.46. The number of aliphatic carboxylic acids is 1. The Kier molecular flexibility index (Phi) is 36.8. The van der Waals surface area contributed by atoms with Crippen LogP contribution >= 0.6 is 7.82 Å². The number of hydrogen-bond donors (Lipinski definition) is 3. The number of phosphoric ester groups is 1. The summed E-state index contributed by atoms with van der Waals surface area (Å²) < 4.78 is 32.6. The number of rotatable bonds is 37. The molecule has 322 valence electrons. The zero-order chi connectivity index (χ0) is 42.1. The second-order valence-electron chi connectivity index (χ2n) is 13.4. The number of nitrogens with two attached hydrogens (primary N) is 1. The Morgan fingerprint density at radius 3 is 1.58 bits per heavy atom. The summed E-state index contributed by atoms with van der Waals surface area (Å²) >= 11 is 0. The van der Waals surface area contributed by atoms with Crippen molar-refractivity contribution in [2.24, 2.45) is 5.73 Å². The zero-order valence-corrected chi connectivity index (χ0v) is 35.5. The van der Waals surface area contributed by atoms with E-state index < -0.39 is 51.1 Å². The fourth-order valence-electron chi connectivity index (χ4n) is 4.91. The first-order chi connectivity index (χ1) is 27.6. The third kappa shape index (κ3) is 39.0. The molecule has 0 spiro atoms. The van der Waals surface area contributed by atoms with Gasteiger partial charge in [-0.3, -0.25) is 23.4 Å². The van der Waals surface area contributed by atoms with Gasteiger partial charge in [-0.05, 0) is 77.0 Å². The quantitative estimate of drug-likeness (QED) is 0.0179. The lowest BCUT2D eigenvalue weighted by Crippen LogP contribution is -2.34. The summed E-state index contributed by atoms with van der Waals surface area (Å²) in [5.41, 5.74) is 5.32. The molecule has 0 saturated carbocycles. The Labute approximate surface area is 343 Å². The van der Waals surface area contributed by atoms with Gasteiger partial charge in [0.25, 0.3) is 0 Å². The van der Waals surface area contributed by atoms with Crippen molar-refractivity contribution < 1.29 is 47.5 Å². The molecule has 0 aromatic rings. The molecule has 0 amide bonds. The first kappa shape index (κ1) is 53.4. The van der Waals surface area contributed by atoms with Gasteiger partial charge in [0.1, 0.15) is 12.6 Å². The van der Waals surface area contributed by atoms with E-state index in [-0.39, 0.29) is 19.4 Å². The minimum Gasteiger partial charge on any atom is -0.480 e. The molecule has 0 aliphatic heterocycles. The fraction of sp³-hybridized carbons (Fsp3) is 0.578. The van der Waals surface area contributed by atoms with Crippen LogP contribution in [-0.4, -0.2) is 59.9 Å². The molecular formula is C45H72NO10P. The van der Waals surface area contributed by atoms with Crippen molar-refractivity contribution in [2.45, 2.75) is 148 Å². The van der Waals surface area contributed by atoms with Gasteiger partial charge in [0, 0.05) is 12.8 Å². The summed E-state index contributed by atoms with van der Waals surface area (Å²) in [6.45, 7) is 2.48. The maximum Gasteiger partial charge on any atom is 0.472 e. The van der Waals surface area contributed by atoms with Crippen molar-refractivity contribution >= 4 is 25.7 Å². The second kappa shape index (κ2) is 39.2. The van der Waals surface area contributed by atoms with Crippen molar-refractivity contribution in [3.05, 3.63) is 97.2 Å². The Bertz CT molecular complexity index is 1330. The molecule has 0 fully saturated rings. The smallest absolute Gasteiger partial charge is 0.472 e. The van der Waals surface area contributed by atoms with E-state index in [0.29, 0.717) is 12.8 Å². The molecule has 12 heteroatoms. The van der Waals surface area contributed by atoms with Crippen molar-refractivity contribution in [1.29, 1.82) is 0 Å². The highest BCUT2D eigenvalue weighted by Gasteiger charge is 2.28. The molecule has 0 aromatic heterocycles. The van der Waals surface area contributed by atoms with Gasteiger partial charge in [0.15, 0.2) is 6.10 Å². The highest BCUT2D eigenvalue weighted by atomic mass is 31.2. The summed E-state index contributed by atoms with van der Waals surface area (Å²) in [5.74, 6) is -2.45. The summed E-state index contributed by atoms with van der Waals surface area (Å²) in [6.07, 6.45) is 49.0. The van der Waals surface area contributed by atoms with E-state index >= 15 is 0 Å². The Hall–Kier alpha value is -3.60. The van der Waals surface area contributed by atoms with Crippen LogP contribution in [0.3, 0.4) is 0 Å². The predicted octanol–water partition coefficient (Wildman–Crippen LogP) is 10.9. The standard InChI is InChI=1S/C45H72NO10P/c1-3-5-7-9-11-13-15-17-18-19-20-21-22-23-25-26-28-30-32-34-36-43(47)53-38-41(39-54-57(51,52)55-40-42(46)45(49)50)56-44(48)37-35-33-31-29-27-24-16-14-12-10-8-6-4-2/h5-8,10-14,16-18,20-21,23,25,41-42H,3-4,9,15,19,22,24,26-40,46H2,1-2H3,(H,49,50)(H,51,52)/b7-5+,8-6+,12-10+,13-11+,16-14+,18-17+,21-20+,25-23+/t41?,42-/m1/s1. The van der Waals surface area contributed by atoms with Crippen LogP contribution in [0.5, 0.6) is 0 Å². The van der Waals surface area contributed by atoms with Gasteiger partial charge in [-0.25, -0.2) is 4.57 Å². The Morgan fingerprint density at radius 2 is 1.02 bits per heavy atom. The summed E-state index contributed by atoms with van der Waals surface area (Å²) in [6, 6.07) is -1.53. The van der Waals surface area contributed by atoms with Crippen molar-refractivity contribution in [2.75, 3.05) is 19.8 Å². The van der Waals surface area contributed by atoms with Gasteiger partial charge in [0.2, 0.25) is 0 Å². The molecule has 0 saturated heterocycles. The fourth-order valence-corrected chi connectivity index (χ4v) is 5.69. The van der Waals surface area contributed by atoms with Crippen LogP contribution in [0.1, 0.15) is 136 Å². The second-order valence-corrected chi connectivity index (χ2v) is 14.9. The van der Waals surface area contributed by atoms with Crippen molar-refractivity contribution in [3.8, 4) is 0 Å². The van der Waals surface area contributed by atoms with E-state index in [4.69, 9.17) is 24.8 Å². The van der Waals surface area contributed by atoms with Crippen LogP contribution in [0, 0.1) is 0 Å². The van der Waals surface area contributed by atoms with Crippen LogP contribution in [0.2, 0.25) is 0 Å². The molecule has 0 bridgehead atoms. The summed E-state index contributed by atoms with van der Waals surface area (Å²) in [7, 11) is -4.73. The van der Waals surface area contributed by atoms with Crippen LogP contribution in [0.4, 0.5) is 0 Å². The number of esters is 2. The van der Waals surface area contributed by atoms with E-state index in [0.717, 1.165) is 96.3 Å². The number of carbonyl (C=O) groups excluding carboxylic acids is 2. The number of ether oxygens (including phenoxy) is 2. The van der Waals surface area contributed by atoms with Crippen LogP contribution in [0.25, 0.3) is 0 Å². The van der Waals surface area contributed by atoms with Crippen LogP contribution < -0.4 is 5.73 Å². The van der Waals surface area contributed by atoms with Gasteiger partial charge < -0.3 is 25.2 Å². The molecule has 0 radical (unpaired) electrons. The lowest BCUT2D eigenvalue weighted by atomic mass is 10.1. The number of carbonyl (C=O) groups is 3. The maximum atomic E-state index is 12.6. The molecule has 0 rings (SSSR count). The van der Waals surface area contributed by atoms with Gasteiger partial charge in [-0.15, -0.1) is 0 Å². The first-order valence-corrected chi connectivity index (χ1v) is 22.3. The number of phosphoric acid groups is 1. The van der Waals surface area contributed by atoms with Gasteiger partial charge in [0.05, 0.1) is 13.2 Å². The van der Waals surface area contributed by atoms with Gasteiger partial charge >= 0.3 is 25.7 Å². The normalized spacial score (nSPS) is 14.7. The van der Waals surface area contributed by atoms with Gasteiger partial charge in [-0.2, -0.15) is 0 Å². The van der Waals surface area contributed by atoms with E-state index in [9.17, 15) is 23.8 Å². The number of carboxylic acid groups (broad SMARTS) is 1. The first-order valence-electron chi connectivity index (χ1n) is 20.8. The molecule has 0 aliphatic rings. The SMILES string of the molecule is CC/C=C/C=C/C=C/CCCCCCCC(=O)OC(COC(=O)CCCCCC/C=C/C/C=C/C/C=C/C/C=C/C/C=C/CC)COP(=O)(O)OC[C@@H](N)C(=O)O. The number of hydrogen-bond acceptors (Lipinski definition) is 9. The average Bonchev–Trinajstić information content (AvgIpc) is 3.19. The molecule has 57 heavy (non-hydrogen) atoms. The zero-order valence-electron chi connectivity index (χ0n) is 34.6. The van der Waals surface area contributed by atoms with E-state index in [1.807, 2.05) is 24.3 Å². The van der Waals surface area contributed by atoms with Crippen LogP contribution in [-0.2, 0) is 37.5 Å². The average molecular weight is 818 g/mol. The number of carboxylic acids is 1. The van der Waals surface area contributed by atoms with Crippen molar-refractivity contribution in [1.82, 2.24) is 0 Å².